The van der Waals surface area contributed by atoms with Crippen molar-refractivity contribution in [2.24, 2.45) is 0 Å². The van der Waals surface area contributed by atoms with E-state index in [2.05, 4.69) is 4.98 Å². The van der Waals surface area contributed by atoms with Crippen molar-refractivity contribution in [3.05, 3.63) is 10.6 Å². The summed E-state index contributed by atoms with van der Waals surface area (Å²) in [5, 5.41) is 8.77. The highest BCUT2D eigenvalue weighted by molar-refractivity contribution is 8.02. The van der Waals surface area contributed by atoms with Crippen molar-refractivity contribution in [2.45, 2.75) is 43.2 Å². The molecule has 1 aromatic rings. The van der Waals surface area contributed by atoms with Crippen LogP contribution in [0.1, 0.15) is 31.3 Å². The Morgan fingerprint density at radius 1 is 1.40 bits per heavy atom. The average Bonchev–Trinajstić information content (AvgIpc) is 2.56. The Kier molecular flexibility index (Phi) is 5.62. The minimum atomic E-state index is -3.13. The molecule has 0 amide bonds. The number of aryl methyl sites for hydroxylation is 1. The van der Waals surface area contributed by atoms with Gasteiger partial charge in [-0.2, -0.15) is 0 Å². The summed E-state index contributed by atoms with van der Waals surface area (Å²) in [5.41, 5.74) is 0.707. The molecule has 1 rings (SSSR count). The third-order valence-electron chi connectivity index (χ3n) is 2.70. The number of aromatic nitrogens is 1. The van der Waals surface area contributed by atoms with E-state index in [0.717, 1.165) is 9.22 Å². The van der Waals surface area contributed by atoms with Gasteiger partial charge in [0.1, 0.15) is 4.34 Å². The zero-order chi connectivity index (χ0) is 15.6. The average molecular weight is 337 g/mol. The van der Waals surface area contributed by atoms with Crippen LogP contribution in [0, 0.1) is 6.92 Å². The summed E-state index contributed by atoms with van der Waals surface area (Å²) < 4.78 is 23.9. The first-order valence-electron chi connectivity index (χ1n) is 6.06. The van der Waals surface area contributed by atoms with Crippen LogP contribution in [-0.4, -0.2) is 40.7 Å². The molecule has 114 valence electrons. The van der Waals surface area contributed by atoms with Crippen LogP contribution in [0.5, 0.6) is 0 Å². The molecule has 0 saturated carbocycles. The predicted molar refractivity (Wildman–Crippen MR) is 82.5 cm³/mol. The van der Waals surface area contributed by atoms with Gasteiger partial charge in [0.2, 0.25) is 0 Å². The second kappa shape index (κ2) is 6.44. The fourth-order valence-electron chi connectivity index (χ4n) is 1.31. The van der Waals surface area contributed by atoms with E-state index in [1.165, 1.54) is 23.1 Å². The monoisotopic (exact) mass is 337 g/mol. The lowest BCUT2D eigenvalue weighted by molar-refractivity contribution is -0.136. The SMILES string of the molecule is Cc1nc(SCCS(=O)(=O)C(C)(C)C)sc1CC(=O)O. The molecular weight excluding hydrogens is 318 g/mol. The minimum Gasteiger partial charge on any atom is -0.481 e. The lowest BCUT2D eigenvalue weighted by atomic mass is 10.3. The number of hydrogen-bond donors (Lipinski definition) is 1. The van der Waals surface area contributed by atoms with Gasteiger partial charge in [-0.15, -0.1) is 11.3 Å². The van der Waals surface area contributed by atoms with Crippen molar-refractivity contribution < 1.29 is 18.3 Å². The number of thiazole rings is 1. The van der Waals surface area contributed by atoms with Crippen LogP contribution >= 0.6 is 23.1 Å². The minimum absolute atomic E-state index is 0.0374. The van der Waals surface area contributed by atoms with E-state index >= 15 is 0 Å². The lowest BCUT2D eigenvalue weighted by Gasteiger charge is -2.18. The van der Waals surface area contributed by atoms with Gasteiger partial charge in [0.05, 0.1) is 22.6 Å². The van der Waals surface area contributed by atoms with Crippen LogP contribution in [0.3, 0.4) is 0 Å². The van der Waals surface area contributed by atoms with E-state index in [1.807, 2.05) is 0 Å². The standard InChI is InChI=1S/C12H19NO4S3/c1-8-9(7-10(14)15)19-11(13-8)18-5-6-20(16,17)12(2,3)4/h5-7H2,1-4H3,(H,14,15). The smallest absolute Gasteiger partial charge is 0.308 e. The molecule has 0 saturated heterocycles. The van der Waals surface area contributed by atoms with E-state index in [1.54, 1.807) is 27.7 Å². The third-order valence-corrected chi connectivity index (χ3v) is 7.86. The van der Waals surface area contributed by atoms with Crippen LogP contribution in [0.2, 0.25) is 0 Å². The van der Waals surface area contributed by atoms with Crippen LogP contribution in [0.4, 0.5) is 0 Å². The summed E-state index contributed by atoms with van der Waals surface area (Å²) in [4.78, 5) is 15.7. The first kappa shape index (κ1) is 17.5. The number of carboxylic acid groups (broad SMARTS) is 1. The molecule has 20 heavy (non-hydrogen) atoms. The molecule has 0 atom stereocenters. The van der Waals surface area contributed by atoms with Crippen LogP contribution in [-0.2, 0) is 21.1 Å². The number of hydrogen-bond acceptors (Lipinski definition) is 6. The second-order valence-electron chi connectivity index (χ2n) is 5.34. The van der Waals surface area contributed by atoms with Crippen molar-refractivity contribution in [3.8, 4) is 0 Å². The molecule has 0 aliphatic rings. The molecule has 1 heterocycles. The van der Waals surface area contributed by atoms with Crippen molar-refractivity contribution in [2.75, 3.05) is 11.5 Å². The number of thioether (sulfide) groups is 1. The lowest BCUT2D eigenvalue weighted by Crippen LogP contribution is -2.31. The Hall–Kier alpha value is -0.600. The summed E-state index contributed by atoms with van der Waals surface area (Å²) in [6.07, 6.45) is -0.0374. The largest absolute Gasteiger partial charge is 0.481 e. The fraction of sp³-hybridized carbons (Fsp3) is 0.667. The quantitative estimate of drug-likeness (QED) is 0.802. The van der Waals surface area contributed by atoms with Gasteiger partial charge in [-0.05, 0) is 27.7 Å². The van der Waals surface area contributed by atoms with Gasteiger partial charge < -0.3 is 5.11 Å². The van der Waals surface area contributed by atoms with Crippen LogP contribution in [0.15, 0.2) is 4.34 Å². The molecule has 0 aromatic carbocycles. The summed E-state index contributed by atoms with van der Waals surface area (Å²) in [7, 11) is -3.13. The van der Waals surface area contributed by atoms with Crippen LogP contribution < -0.4 is 0 Å². The summed E-state index contributed by atoms with van der Waals surface area (Å²) in [6, 6.07) is 0. The molecule has 1 N–H and O–H groups in total. The zero-order valence-electron chi connectivity index (χ0n) is 12.0. The molecule has 0 radical (unpaired) electrons. The summed E-state index contributed by atoms with van der Waals surface area (Å²) in [6.45, 7) is 6.83. The van der Waals surface area contributed by atoms with Gasteiger partial charge in [0.25, 0.3) is 0 Å². The van der Waals surface area contributed by atoms with E-state index in [-0.39, 0.29) is 12.2 Å². The normalized spacial score (nSPS) is 12.6. The Labute approximate surface area is 127 Å². The van der Waals surface area contributed by atoms with Gasteiger partial charge in [0, 0.05) is 10.6 Å². The third kappa shape index (κ3) is 4.75. The van der Waals surface area contributed by atoms with Gasteiger partial charge in [0.15, 0.2) is 9.84 Å². The molecule has 0 bridgehead atoms. The van der Waals surface area contributed by atoms with E-state index < -0.39 is 20.6 Å². The molecule has 8 heteroatoms. The topological polar surface area (TPSA) is 84.3 Å². The number of nitrogens with zero attached hydrogens (tertiary/aromatic N) is 1. The molecular formula is C12H19NO4S3. The van der Waals surface area contributed by atoms with Crippen LogP contribution in [0.25, 0.3) is 0 Å². The summed E-state index contributed by atoms with van der Waals surface area (Å²) in [5.74, 6) is -0.365. The van der Waals surface area contributed by atoms with E-state index in [0.29, 0.717) is 11.4 Å². The van der Waals surface area contributed by atoms with E-state index in [4.69, 9.17) is 5.11 Å². The molecule has 0 unspecified atom stereocenters. The summed E-state index contributed by atoms with van der Waals surface area (Å²) >= 11 is 2.68. The number of sulfone groups is 1. The maximum atomic E-state index is 12.0. The number of carbonyl (C=O) groups is 1. The highest BCUT2D eigenvalue weighted by atomic mass is 32.2. The van der Waals surface area contributed by atoms with E-state index in [9.17, 15) is 13.2 Å². The second-order valence-corrected chi connectivity index (χ2v) is 10.6. The maximum Gasteiger partial charge on any atom is 0.308 e. The van der Waals surface area contributed by atoms with Crippen molar-refractivity contribution >= 4 is 38.9 Å². The molecule has 0 aliphatic heterocycles. The molecule has 0 spiro atoms. The predicted octanol–water partition coefficient (Wildman–Crippen LogP) is 2.38. The molecule has 5 nitrogen and oxygen atoms in total. The number of aliphatic carboxylic acids is 1. The van der Waals surface area contributed by atoms with Gasteiger partial charge in [-0.25, -0.2) is 13.4 Å². The molecule has 1 aromatic heterocycles. The maximum absolute atomic E-state index is 12.0. The highest BCUT2D eigenvalue weighted by Gasteiger charge is 2.28. The van der Waals surface area contributed by atoms with Crippen molar-refractivity contribution in [1.29, 1.82) is 0 Å². The Morgan fingerprint density at radius 3 is 2.50 bits per heavy atom. The number of rotatable bonds is 6. The number of carboxylic acids is 1. The van der Waals surface area contributed by atoms with Crippen molar-refractivity contribution in [1.82, 2.24) is 4.98 Å². The fourth-order valence-corrected chi connectivity index (χ4v) is 5.08. The molecule has 0 aliphatic carbocycles. The van der Waals surface area contributed by atoms with Gasteiger partial charge >= 0.3 is 5.97 Å². The Morgan fingerprint density at radius 2 is 2.00 bits per heavy atom. The zero-order valence-corrected chi connectivity index (χ0v) is 14.4. The molecule has 0 fully saturated rings. The Balaban J connectivity index is 2.62. The highest BCUT2D eigenvalue weighted by Crippen LogP contribution is 2.28. The first-order chi connectivity index (χ1) is 9.03. The Bertz CT molecular complexity index is 584. The van der Waals surface area contributed by atoms with Gasteiger partial charge in [-0.3, -0.25) is 4.79 Å². The first-order valence-corrected chi connectivity index (χ1v) is 9.51. The van der Waals surface area contributed by atoms with Crippen molar-refractivity contribution in [3.63, 3.8) is 0 Å². The van der Waals surface area contributed by atoms with Gasteiger partial charge in [-0.1, -0.05) is 11.8 Å².